The van der Waals surface area contributed by atoms with Gasteiger partial charge in [0.25, 0.3) is 0 Å². The summed E-state index contributed by atoms with van der Waals surface area (Å²) in [5, 5.41) is 0.679. The van der Waals surface area contributed by atoms with E-state index in [1.54, 1.807) is 0 Å². The Bertz CT molecular complexity index is 672. The molecule has 0 bridgehead atoms. The monoisotopic (exact) mass is 426 g/mol. The van der Waals surface area contributed by atoms with Gasteiger partial charge in [0.15, 0.2) is 0 Å². The van der Waals surface area contributed by atoms with E-state index in [9.17, 15) is 0 Å². The van der Waals surface area contributed by atoms with Crippen LogP contribution in [0.1, 0.15) is 66.7 Å². The maximum Gasteiger partial charge on any atom is 0.0753 e. The fourth-order valence-corrected chi connectivity index (χ4v) is 3.88. The molecule has 28 heavy (non-hydrogen) atoms. The zero-order valence-electron chi connectivity index (χ0n) is 18.0. The summed E-state index contributed by atoms with van der Waals surface area (Å²) in [7, 11) is 0. The van der Waals surface area contributed by atoms with Crippen LogP contribution >= 0.6 is 23.2 Å². The third kappa shape index (κ3) is 6.50. The van der Waals surface area contributed by atoms with Crippen LogP contribution in [0.3, 0.4) is 0 Å². The number of aliphatic imine (C=N–C) groups is 1. The van der Waals surface area contributed by atoms with Gasteiger partial charge in [0.2, 0.25) is 0 Å². The summed E-state index contributed by atoms with van der Waals surface area (Å²) in [5.74, 6) is 0.744. The summed E-state index contributed by atoms with van der Waals surface area (Å²) < 4.78 is 6.41. The number of alkyl halides is 1. The molecule has 0 spiro atoms. The Morgan fingerprint density at radius 3 is 2.61 bits per heavy atom. The van der Waals surface area contributed by atoms with Crippen LogP contribution < -0.4 is 5.73 Å². The molecular formula is C23H36Cl2N2O. The third-order valence-corrected chi connectivity index (χ3v) is 5.84. The topological polar surface area (TPSA) is 47.6 Å². The van der Waals surface area contributed by atoms with Gasteiger partial charge >= 0.3 is 0 Å². The standard InChI is InChI=1S/C21H30Cl2N2O.C2H6/c1-4-11-26-21(15(3)5-2)10-9-20(18(13-21)19(24)14-22)25-17-8-6-7-16(23)12-17;1-2/h6-8,12,15H,4-5,9-11,13-14,24H2,1-3H3;1-2H3/b19-18-,25-20?;. The molecule has 5 heteroatoms. The average Bonchev–Trinajstić information content (AvgIpc) is 2.73. The van der Waals surface area contributed by atoms with E-state index >= 15 is 0 Å². The van der Waals surface area contributed by atoms with E-state index in [4.69, 9.17) is 38.7 Å². The van der Waals surface area contributed by atoms with E-state index in [0.717, 1.165) is 55.7 Å². The van der Waals surface area contributed by atoms with E-state index < -0.39 is 0 Å². The predicted octanol–water partition coefficient (Wildman–Crippen LogP) is 7.29. The molecular weight excluding hydrogens is 391 g/mol. The van der Waals surface area contributed by atoms with Gasteiger partial charge in [0.1, 0.15) is 0 Å². The number of ether oxygens (including phenoxy) is 1. The van der Waals surface area contributed by atoms with Crippen molar-refractivity contribution in [3.63, 3.8) is 0 Å². The maximum absolute atomic E-state index is 6.41. The average molecular weight is 427 g/mol. The Morgan fingerprint density at radius 2 is 2.04 bits per heavy atom. The molecule has 2 unspecified atom stereocenters. The molecule has 2 atom stereocenters. The number of hydrogen-bond donors (Lipinski definition) is 1. The summed E-state index contributed by atoms with van der Waals surface area (Å²) in [6.45, 7) is 11.4. The van der Waals surface area contributed by atoms with Crippen molar-refractivity contribution in [3.05, 3.63) is 40.6 Å². The molecule has 3 nitrogen and oxygen atoms in total. The van der Waals surface area contributed by atoms with Gasteiger partial charge in [0.05, 0.1) is 17.2 Å². The van der Waals surface area contributed by atoms with Crippen LogP contribution in [0.25, 0.3) is 0 Å². The molecule has 1 aromatic carbocycles. The van der Waals surface area contributed by atoms with E-state index in [-0.39, 0.29) is 5.60 Å². The van der Waals surface area contributed by atoms with Gasteiger partial charge in [-0.1, -0.05) is 58.7 Å². The first-order chi connectivity index (χ1) is 13.5. The molecule has 0 saturated heterocycles. The largest absolute Gasteiger partial charge is 0.401 e. The van der Waals surface area contributed by atoms with Crippen molar-refractivity contribution in [1.29, 1.82) is 0 Å². The van der Waals surface area contributed by atoms with E-state index in [0.29, 0.717) is 22.5 Å². The Hall–Kier alpha value is -1.03. The molecule has 0 radical (unpaired) electrons. The van der Waals surface area contributed by atoms with Gasteiger partial charge in [0, 0.05) is 29.5 Å². The van der Waals surface area contributed by atoms with Crippen LogP contribution in [-0.4, -0.2) is 23.8 Å². The Morgan fingerprint density at radius 1 is 1.32 bits per heavy atom. The molecule has 0 aromatic heterocycles. The van der Waals surface area contributed by atoms with Crippen molar-refractivity contribution in [2.45, 2.75) is 72.3 Å². The second kappa shape index (κ2) is 12.5. The lowest BCUT2D eigenvalue weighted by Crippen LogP contribution is -2.45. The number of rotatable bonds is 7. The molecule has 1 aliphatic carbocycles. The lowest BCUT2D eigenvalue weighted by Gasteiger charge is -2.43. The first kappa shape index (κ1) is 25.0. The third-order valence-electron chi connectivity index (χ3n) is 5.32. The van der Waals surface area contributed by atoms with Gasteiger partial charge in [-0.2, -0.15) is 0 Å². The quantitative estimate of drug-likeness (QED) is 0.465. The number of hydrogen-bond acceptors (Lipinski definition) is 3. The normalized spacial score (nSPS) is 23.8. The van der Waals surface area contributed by atoms with Crippen LogP contribution in [0.2, 0.25) is 5.02 Å². The summed E-state index contributed by atoms with van der Waals surface area (Å²) in [4.78, 5) is 4.84. The number of halogens is 2. The van der Waals surface area contributed by atoms with Gasteiger partial charge < -0.3 is 10.5 Å². The van der Waals surface area contributed by atoms with Crippen molar-refractivity contribution < 1.29 is 4.74 Å². The highest BCUT2D eigenvalue weighted by Crippen LogP contribution is 2.42. The Labute approximate surface area is 181 Å². The first-order valence-corrected chi connectivity index (χ1v) is 11.4. The van der Waals surface area contributed by atoms with Crippen LogP contribution in [0.5, 0.6) is 0 Å². The number of nitrogens with zero attached hydrogens (tertiary/aromatic N) is 1. The minimum absolute atomic E-state index is 0.190. The summed E-state index contributed by atoms with van der Waals surface area (Å²) in [5.41, 5.74) is 9.70. The van der Waals surface area contributed by atoms with Crippen LogP contribution in [0.15, 0.2) is 40.5 Å². The SMILES string of the molecule is CC.CCCOC1(C(C)CC)CCC(=Nc2cccc(Cl)c2)/C(=C(\N)CCl)C1. The lowest BCUT2D eigenvalue weighted by atomic mass is 9.72. The molecule has 1 saturated carbocycles. The van der Waals surface area contributed by atoms with Crippen molar-refractivity contribution in [3.8, 4) is 0 Å². The molecule has 1 aromatic rings. The highest BCUT2D eigenvalue weighted by atomic mass is 35.5. The number of allylic oxidation sites excluding steroid dienone is 1. The molecule has 1 aliphatic rings. The Kier molecular flexibility index (Phi) is 11.2. The molecule has 1 fully saturated rings. The van der Waals surface area contributed by atoms with E-state index in [1.807, 2.05) is 38.1 Å². The highest BCUT2D eigenvalue weighted by molar-refractivity contribution is 6.30. The van der Waals surface area contributed by atoms with Crippen molar-refractivity contribution in [1.82, 2.24) is 0 Å². The van der Waals surface area contributed by atoms with Crippen LogP contribution in [0.4, 0.5) is 5.69 Å². The minimum atomic E-state index is -0.190. The van der Waals surface area contributed by atoms with Crippen LogP contribution in [0, 0.1) is 5.92 Å². The van der Waals surface area contributed by atoms with Gasteiger partial charge in [-0.3, -0.25) is 4.99 Å². The van der Waals surface area contributed by atoms with E-state index in [2.05, 4.69) is 20.8 Å². The smallest absolute Gasteiger partial charge is 0.0753 e. The van der Waals surface area contributed by atoms with Gasteiger partial charge in [-0.25, -0.2) is 0 Å². The molecule has 158 valence electrons. The number of benzene rings is 1. The predicted molar refractivity (Wildman–Crippen MR) is 124 cm³/mol. The zero-order valence-corrected chi connectivity index (χ0v) is 19.5. The zero-order chi connectivity index (χ0) is 21.2. The fourth-order valence-electron chi connectivity index (χ4n) is 3.54. The molecule has 0 heterocycles. The van der Waals surface area contributed by atoms with Crippen molar-refractivity contribution in [2.24, 2.45) is 16.6 Å². The molecule has 2 N–H and O–H groups in total. The maximum atomic E-state index is 6.41. The van der Waals surface area contributed by atoms with Crippen molar-refractivity contribution in [2.75, 3.05) is 12.5 Å². The van der Waals surface area contributed by atoms with Gasteiger partial charge in [-0.15, -0.1) is 11.6 Å². The second-order valence-corrected chi connectivity index (χ2v) is 7.78. The fraction of sp³-hybridized carbons (Fsp3) is 0.609. The number of nitrogens with two attached hydrogens (primary N) is 1. The summed E-state index contributed by atoms with van der Waals surface area (Å²) in [6, 6.07) is 7.58. The van der Waals surface area contributed by atoms with Gasteiger partial charge in [-0.05, 0) is 49.0 Å². The Balaban J connectivity index is 0.00000190. The van der Waals surface area contributed by atoms with Crippen LogP contribution in [-0.2, 0) is 4.74 Å². The first-order valence-electron chi connectivity index (χ1n) is 10.5. The minimum Gasteiger partial charge on any atom is -0.401 e. The summed E-state index contributed by atoms with van der Waals surface area (Å²) in [6.07, 6.45) is 4.61. The second-order valence-electron chi connectivity index (χ2n) is 7.08. The molecule has 0 aliphatic heterocycles. The highest BCUT2D eigenvalue weighted by Gasteiger charge is 2.41. The lowest BCUT2D eigenvalue weighted by molar-refractivity contribution is -0.0898. The molecule has 0 amide bonds. The van der Waals surface area contributed by atoms with E-state index in [1.165, 1.54) is 0 Å². The summed E-state index contributed by atoms with van der Waals surface area (Å²) >= 11 is 12.2. The molecule has 2 rings (SSSR count). The van der Waals surface area contributed by atoms with Crippen molar-refractivity contribution >= 4 is 34.6 Å².